The van der Waals surface area contributed by atoms with Crippen LogP contribution in [0, 0.1) is 5.92 Å². The highest BCUT2D eigenvalue weighted by molar-refractivity contribution is 4.91. The first-order chi connectivity index (χ1) is 6.29. The van der Waals surface area contributed by atoms with Gasteiger partial charge < -0.3 is 10.6 Å². The summed E-state index contributed by atoms with van der Waals surface area (Å²) in [4.78, 5) is 0. The summed E-state index contributed by atoms with van der Waals surface area (Å²) >= 11 is 0. The van der Waals surface area contributed by atoms with Crippen molar-refractivity contribution in [2.75, 3.05) is 19.6 Å². The third-order valence-electron chi connectivity index (χ3n) is 3.60. The molecule has 0 saturated carbocycles. The molecule has 0 spiro atoms. The fourth-order valence-electron chi connectivity index (χ4n) is 2.87. The molecule has 13 heavy (non-hydrogen) atoms. The molecular formula is C11H22N2. The van der Waals surface area contributed by atoms with E-state index in [0.717, 1.165) is 5.92 Å². The number of rotatable bonds is 2. The van der Waals surface area contributed by atoms with Crippen LogP contribution in [0.2, 0.25) is 0 Å². The van der Waals surface area contributed by atoms with Crippen LogP contribution in [0.5, 0.6) is 0 Å². The molecule has 2 fully saturated rings. The van der Waals surface area contributed by atoms with Crippen LogP contribution in [0.1, 0.15) is 39.0 Å². The molecule has 0 amide bonds. The summed E-state index contributed by atoms with van der Waals surface area (Å²) in [6, 6.07) is 0. The zero-order valence-corrected chi connectivity index (χ0v) is 8.73. The molecule has 0 bridgehead atoms. The lowest BCUT2D eigenvalue weighted by Gasteiger charge is -2.32. The Kier molecular flexibility index (Phi) is 2.89. The lowest BCUT2D eigenvalue weighted by Crippen LogP contribution is -2.41. The van der Waals surface area contributed by atoms with E-state index < -0.39 is 0 Å². The summed E-state index contributed by atoms with van der Waals surface area (Å²) in [5, 5.41) is 7.15. The highest BCUT2D eigenvalue weighted by Gasteiger charge is 2.31. The Hall–Kier alpha value is -0.0800. The van der Waals surface area contributed by atoms with Gasteiger partial charge in [0.1, 0.15) is 0 Å². The van der Waals surface area contributed by atoms with E-state index in [4.69, 9.17) is 0 Å². The Balaban J connectivity index is 1.81. The average molecular weight is 182 g/mol. The van der Waals surface area contributed by atoms with E-state index in [1.165, 1.54) is 51.7 Å². The van der Waals surface area contributed by atoms with Gasteiger partial charge in [-0.15, -0.1) is 0 Å². The first-order valence-corrected chi connectivity index (χ1v) is 5.74. The van der Waals surface area contributed by atoms with Crippen LogP contribution in [-0.4, -0.2) is 25.2 Å². The number of hydrogen-bond acceptors (Lipinski definition) is 2. The van der Waals surface area contributed by atoms with Crippen molar-refractivity contribution < 1.29 is 0 Å². The molecule has 2 atom stereocenters. The lowest BCUT2D eigenvalue weighted by atomic mass is 9.84. The molecule has 2 heteroatoms. The van der Waals surface area contributed by atoms with Crippen molar-refractivity contribution >= 4 is 0 Å². The van der Waals surface area contributed by atoms with Crippen molar-refractivity contribution in [3.8, 4) is 0 Å². The molecule has 0 aromatic carbocycles. The first-order valence-electron chi connectivity index (χ1n) is 5.74. The zero-order valence-electron chi connectivity index (χ0n) is 8.73. The summed E-state index contributed by atoms with van der Waals surface area (Å²) in [5.74, 6) is 0.921. The van der Waals surface area contributed by atoms with E-state index in [1.54, 1.807) is 0 Å². The summed E-state index contributed by atoms with van der Waals surface area (Å²) in [5.41, 5.74) is 0.462. The zero-order chi connectivity index (χ0) is 9.15. The second-order valence-electron chi connectivity index (χ2n) is 5.01. The third kappa shape index (κ3) is 2.44. The van der Waals surface area contributed by atoms with Gasteiger partial charge in [0.05, 0.1) is 0 Å². The SMILES string of the molecule is CC1(CC2CCCNC2)CCCN1. The fourth-order valence-corrected chi connectivity index (χ4v) is 2.87. The van der Waals surface area contributed by atoms with Gasteiger partial charge in [-0.25, -0.2) is 0 Å². The number of hydrogen-bond donors (Lipinski definition) is 2. The minimum absolute atomic E-state index is 0.462. The maximum absolute atomic E-state index is 3.65. The van der Waals surface area contributed by atoms with E-state index in [1.807, 2.05) is 0 Å². The van der Waals surface area contributed by atoms with E-state index >= 15 is 0 Å². The van der Waals surface area contributed by atoms with Crippen molar-refractivity contribution in [3.05, 3.63) is 0 Å². The highest BCUT2D eigenvalue weighted by Crippen LogP contribution is 2.28. The Labute approximate surface area is 81.5 Å². The van der Waals surface area contributed by atoms with Gasteiger partial charge >= 0.3 is 0 Å². The molecule has 2 saturated heterocycles. The van der Waals surface area contributed by atoms with Crippen LogP contribution in [0.25, 0.3) is 0 Å². The number of nitrogens with one attached hydrogen (secondary N) is 2. The summed E-state index contributed by atoms with van der Waals surface area (Å²) in [6.45, 7) is 6.11. The van der Waals surface area contributed by atoms with Gasteiger partial charge in [0.15, 0.2) is 0 Å². The van der Waals surface area contributed by atoms with Crippen molar-refractivity contribution in [3.63, 3.8) is 0 Å². The van der Waals surface area contributed by atoms with Crippen molar-refractivity contribution in [2.45, 2.75) is 44.6 Å². The smallest absolute Gasteiger partial charge is 0.0156 e. The Morgan fingerprint density at radius 1 is 1.31 bits per heavy atom. The molecule has 0 aliphatic carbocycles. The van der Waals surface area contributed by atoms with Crippen molar-refractivity contribution in [2.24, 2.45) is 5.92 Å². The van der Waals surface area contributed by atoms with Gasteiger partial charge in [-0.1, -0.05) is 0 Å². The van der Waals surface area contributed by atoms with Gasteiger partial charge in [0.2, 0.25) is 0 Å². The minimum atomic E-state index is 0.462. The maximum atomic E-state index is 3.65. The third-order valence-corrected chi connectivity index (χ3v) is 3.60. The van der Waals surface area contributed by atoms with E-state index in [9.17, 15) is 0 Å². The second-order valence-corrected chi connectivity index (χ2v) is 5.01. The van der Waals surface area contributed by atoms with Gasteiger partial charge in [0, 0.05) is 5.54 Å². The topological polar surface area (TPSA) is 24.1 Å². The van der Waals surface area contributed by atoms with Crippen LogP contribution < -0.4 is 10.6 Å². The van der Waals surface area contributed by atoms with Crippen LogP contribution in [-0.2, 0) is 0 Å². The molecular weight excluding hydrogens is 160 g/mol. The molecule has 2 aliphatic heterocycles. The van der Waals surface area contributed by atoms with E-state index in [0.29, 0.717) is 5.54 Å². The molecule has 2 rings (SSSR count). The normalized spacial score (nSPS) is 40.8. The highest BCUT2D eigenvalue weighted by atomic mass is 15.0. The molecule has 0 aromatic heterocycles. The average Bonchev–Trinajstić information content (AvgIpc) is 2.54. The largest absolute Gasteiger partial charge is 0.316 e. The van der Waals surface area contributed by atoms with Gasteiger partial charge in [-0.05, 0) is 64.6 Å². The van der Waals surface area contributed by atoms with Gasteiger partial charge in [-0.3, -0.25) is 0 Å². The van der Waals surface area contributed by atoms with Gasteiger partial charge in [-0.2, -0.15) is 0 Å². The molecule has 0 aromatic rings. The van der Waals surface area contributed by atoms with Crippen LogP contribution in [0.15, 0.2) is 0 Å². The predicted molar refractivity (Wildman–Crippen MR) is 55.9 cm³/mol. The summed E-state index contributed by atoms with van der Waals surface area (Å²) < 4.78 is 0. The van der Waals surface area contributed by atoms with Crippen molar-refractivity contribution in [1.82, 2.24) is 10.6 Å². The van der Waals surface area contributed by atoms with Crippen molar-refractivity contribution in [1.29, 1.82) is 0 Å². The number of piperidine rings is 1. The molecule has 2 aliphatic rings. The molecule has 76 valence electrons. The molecule has 0 radical (unpaired) electrons. The molecule has 2 heterocycles. The predicted octanol–water partition coefficient (Wildman–Crippen LogP) is 1.52. The first kappa shape index (κ1) is 9.47. The quantitative estimate of drug-likeness (QED) is 0.676. The molecule has 2 unspecified atom stereocenters. The maximum Gasteiger partial charge on any atom is 0.0156 e. The molecule has 2 N–H and O–H groups in total. The van der Waals surface area contributed by atoms with Crippen LogP contribution >= 0.6 is 0 Å². The lowest BCUT2D eigenvalue weighted by molar-refractivity contribution is 0.264. The van der Waals surface area contributed by atoms with E-state index in [-0.39, 0.29) is 0 Å². The monoisotopic (exact) mass is 182 g/mol. The summed E-state index contributed by atoms with van der Waals surface area (Å²) in [7, 11) is 0. The Morgan fingerprint density at radius 3 is 2.85 bits per heavy atom. The molecule has 2 nitrogen and oxygen atoms in total. The standard InChI is InChI=1S/C11H22N2/c1-11(5-3-7-13-11)8-10-4-2-6-12-9-10/h10,12-13H,2-9H2,1H3. The van der Waals surface area contributed by atoms with Gasteiger partial charge in [0.25, 0.3) is 0 Å². The summed E-state index contributed by atoms with van der Waals surface area (Å²) in [6.07, 6.45) is 6.94. The van der Waals surface area contributed by atoms with E-state index in [2.05, 4.69) is 17.6 Å². The second kappa shape index (κ2) is 3.97. The Bertz CT molecular complexity index is 155. The Morgan fingerprint density at radius 2 is 2.23 bits per heavy atom. The minimum Gasteiger partial charge on any atom is -0.316 e. The fraction of sp³-hybridized carbons (Fsp3) is 1.00. The van der Waals surface area contributed by atoms with Crippen LogP contribution in [0.3, 0.4) is 0 Å². The van der Waals surface area contributed by atoms with Crippen LogP contribution in [0.4, 0.5) is 0 Å².